The van der Waals surface area contributed by atoms with Gasteiger partial charge in [0.1, 0.15) is 28.1 Å². The molecule has 0 radical (unpaired) electrons. The SMILES string of the molecule is O=C(CCl)Oc1ccc(-n2c(/C=C/c3ccc(OS(=O)(=O)c4ccccc4)cc3)nc3ccccc3c2=O)cc1. The van der Waals surface area contributed by atoms with Gasteiger partial charge in [0, 0.05) is 0 Å². The third-order valence-corrected chi connectivity index (χ3v) is 7.26. The highest BCUT2D eigenvalue weighted by molar-refractivity contribution is 7.87. The fourth-order valence-corrected chi connectivity index (χ4v) is 4.91. The third kappa shape index (κ3) is 5.96. The molecular weight excluding hydrogens is 552 g/mol. The monoisotopic (exact) mass is 572 g/mol. The molecule has 40 heavy (non-hydrogen) atoms. The van der Waals surface area contributed by atoms with Crippen molar-refractivity contribution in [1.29, 1.82) is 0 Å². The summed E-state index contributed by atoms with van der Waals surface area (Å²) in [6, 6.07) is 27.8. The van der Waals surface area contributed by atoms with E-state index in [-0.39, 0.29) is 22.1 Å². The molecule has 0 N–H and O–H groups in total. The Kier molecular flexibility index (Phi) is 7.77. The number of carbonyl (C=O) groups is 1. The van der Waals surface area contributed by atoms with Crippen molar-refractivity contribution in [3.8, 4) is 17.2 Å². The maximum atomic E-state index is 13.5. The lowest BCUT2D eigenvalue weighted by atomic mass is 10.2. The van der Waals surface area contributed by atoms with E-state index in [1.54, 1.807) is 103 Å². The molecule has 0 aliphatic rings. The highest BCUT2D eigenvalue weighted by atomic mass is 35.5. The number of alkyl halides is 1. The van der Waals surface area contributed by atoms with Crippen LogP contribution in [0.5, 0.6) is 11.5 Å². The molecule has 10 heteroatoms. The van der Waals surface area contributed by atoms with Crippen molar-refractivity contribution < 1.29 is 22.1 Å². The molecule has 8 nitrogen and oxygen atoms in total. The lowest BCUT2D eigenvalue weighted by Crippen LogP contribution is -2.22. The predicted molar refractivity (Wildman–Crippen MR) is 153 cm³/mol. The minimum Gasteiger partial charge on any atom is -0.426 e. The number of fused-ring (bicyclic) bond motifs is 1. The van der Waals surface area contributed by atoms with Crippen molar-refractivity contribution in [3.05, 3.63) is 125 Å². The van der Waals surface area contributed by atoms with Crippen LogP contribution in [0.15, 0.2) is 113 Å². The van der Waals surface area contributed by atoms with E-state index >= 15 is 0 Å². The second-order valence-electron chi connectivity index (χ2n) is 8.48. The first-order valence-electron chi connectivity index (χ1n) is 12.0. The summed E-state index contributed by atoms with van der Waals surface area (Å²) in [5.41, 5.74) is 1.50. The van der Waals surface area contributed by atoms with E-state index in [1.165, 1.54) is 16.7 Å². The number of hydrogen-bond acceptors (Lipinski definition) is 7. The maximum Gasteiger partial charge on any atom is 0.339 e. The standard InChI is InChI=1S/C30H21ClN2O6S/c31-20-29(34)38-23-17-13-22(14-18-23)33-28(32-27-9-5-4-8-26(27)30(33)35)19-12-21-10-15-24(16-11-21)39-40(36,37)25-6-2-1-3-7-25/h1-19H,20H2/b19-12+. The van der Waals surface area contributed by atoms with Crippen molar-refractivity contribution in [2.24, 2.45) is 0 Å². The minimum atomic E-state index is -3.95. The molecule has 0 aliphatic carbocycles. The molecule has 200 valence electrons. The van der Waals surface area contributed by atoms with Gasteiger partial charge < -0.3 is 8.92 Å². The number of esters is 1. The Morgan fingerprint density at radius 3 is 2.17 bits per heavy atom. The topological polar surface area (TPSA) is 105 Å². The first-order chi connectivity index (χ1) is 19.3. The van der Waals surface area contributed by atoms with E-state index in [2.05, 4.69) is 4.98 Å². The van der Waals surface area contributed by atoms with Gasteiger partial charge in [0.15, 0.2) is 0 Å². The highest BCUT2D eigenvalue weighted by Crippen LogP contribution is 2.21. The molecule has 0 bridgehead atoms. The smallest absolute Gasteiger partial charge is 0.339 e. The van der Waals surface area contributed by atoms with E-state index in [0.29, 0.717) is 28.2 Å². The van der Waals surface area contributed by atoms with Gasteiger partial charge in [-0.2, -0.15) is 8.42 Å². The first-order valence-corrected chi connectivity index (χ1v) is 13.9. The van der Waals surface area contributed by atoms with Gasteiger partial charge in [-0.3, -0.25) is 14.2 Å². The second-order valence-corrected chi connectivity index (χ2v) is 10.3. The van der Waals surface area contributed by atoms with Crippen molar-refractivity contribution in [2.45, 2.75) is 4.90 Å². The van der Waals surface area contributed by atoms with Crippen molar-refractivity contribution in [1.82, 2.24) is 9.55 Å². The van der Waals surface area contributed by atoms with Crippen LogP contribution >= 0.6 is 11.6 Å². The molecule has 0 saturated carbocycles. The van der Waals surface area contributed by atoms with Crippen LogP contribution in [0.1, 0.15) is 11.4 Å². The number of aromatic nitrogens is 2. The number of hydrogen-bond donors (Lipinski definition) is 0. The molecule has 1 heterocycles. The molecule has 4 aromatic carbocycles. The van der Waals surface area contributed by atoms with E-state index in [1.807, 2.05) is 0 Å². The maximum absolute atomic E-state index is 13.5. The summed E-state index contributed by atoms with van der Waals surface area (Å²) in [6.07, 6.45) is 3.44. The fraction of sp³-hybridized carbons (Fsp3) is 0.0333. The van der Waals surface area contributed by atoms with Crippen LogP contribution < -0.4 is 14.5 Å². The van der Waals surface area contributed by atoms with Crippen LogP contribution in [0, 0.1) is 0 Å². The van der Waals surface area contributed by atoms with E-state index < -0.39 is 16.1 Å². The molecular formula is C30H21ClN2O6S. The molecule has 0 fully saturated rings. The summed E-state index contributed by atoms with van der Waals surface area (Å²) in [7, 11) is -3.95. The Bertz CT molecular complexity index is 1870. The van der Waals surface area contributed by atoms with E-state index in [9.17, 15) is 18.0 Å². The molecule has 1 aromatic heterocycles. The average molecular weight is 573 g/mol. The average Bonchev–Trinajstić information content (AvgIpc) is 2.98. The Balaban J connectivity index is 1.46. The van der Waals surface area contributed by atoms with E-state index in [0.717, 1.165) is 5.56 Å². The third-order valence-electron chi connectivity index (χ3n) is 5.78. The minimum absolute atomic E-state index is 0.0598. The van der Waals surface area contributed by atoms with Gasteiger partial charge in [0.2, 0.25) is 0 Å². The van der Waals surface area contributed by atoms with Crippen LogP contribution in [0.3, 0.4) is 0 Å². The molecule has 0 aliphatic heterocycles. The number of para-hydroxylation sites is 1. The quantitative estimate of drug-likeness (QED) is 0.105. The lowest BCUT2D eigenvalue weighted by molar-refractivity contribution is -0.131. The number of carbonyl (C=O) groups excluding carboxylic acids is 1. The summed E-state index contributed by atoms with van der Waals surface area (Å²) >= 11 is 5.50. The zero-order valence-electron chi connectivity index (χ0n) is 20.8. The summed E-state index contributed by atoms with van der Waals surface area (Å²) in [6.45, 7) is 0. The number of nitrogens with zero attached hydrogens (tertiary/aromatic N) is 2. The van der Waals surface area contributed by atoms with Crippen molar-refractivity contribution >= 4 is 50.7 Å². The van der Waals surface area contributed by atoms with Gasteiger partial charge in [-0.15, -0.1) is 11.6 Å². The van der Waals surface area contributed by atoms with Gasteiger partial charge >= 0.3 is 16.1 Å². The van der Waals surface area contributed by atoms with Crippen LogP contribution in [0.2, 0.25) is 0 Å². The predicted octanol–water partition coefficient (Wildman–Crippen LogP) is 5.47. The molecule has 0 amide bonds. The van der Waals surface area contributed by atoms with E-state index in [4.69, 9.17) is 20.5 Å². The number of ether oxygens (including phenoxy) is 1. The Morgan fingerprint density at radius 2 is 1.48 bits per heavy atom. The zero-order valence-corrected chi connectivity index (χ0v) is 22.4. The Hall–Kier alpha value is -4.73. The zero-order chi connectivity index (χ0) is 28.1. The lowest BCUT2D eigenvalue weighted by Gasteiger charge is -2.12. The van der Waals surface area contributed by atoms with Crippen LogP contribution in [0.4, 0.5) is 0 Å². The number of rotatable bonds is 8. The molecule has 0 atom stereocenters. The molecule has 0 saturated heterocycles. The second kappa shape index (κ2) is 11.6. The largest absolute Gasteiger partial charge is 0.426 e. The molecule has 0 unspecified atom stereocenters. The number of benzene rings is 4. The fourth-order valence-electron chi connectivity index (χ4n) is 3.90. The highest BCUT2D eigenvalue weighted by Gasteiger charge is 2.16. The summed E-state index contributed by atoms with van der Waals surface area (Å²) in [5, 5.41) is 0.443. The van der Waals surface area contributed by atoms with Gasteiger partial charge in [0.05, 0.1) is 16.6 Å². The summed E-state index contributed by atoms with van der Waals surface area (Å²) < 4.78 is 36.8. The van der Waals surface area contributed by atoms with Gasteiger partial charge in [0.25, 0.3) is 5.56 Å². The summed E-state index contributed by atoms with van der Waals surface area (Å²) in [4.78, 5) is 29.7. The Labute approximate surface area is 234 Å². The first kappa shape index (κ1) is 26.9. The van der Waals surface area contributed by atoms with Gasteiger partial charge in [-0.1, -0.05) is 48.5 Å². The van der Waals surface area contributed by atoms with Crippen LogP contribution in [-0.2, 0) is 14.9 Å². The van der Waals surface area contributed by atoms with Gasteiger partial charge in [-0.25, -0.2) is 4.98 Å². The molecule has 0 spiro atoms. The Morgan fingerprint density at radius 1 is 0.825 bits per heavy atom. The van der Waals surface area contributed by atoms with Gasteiger partial charge in [-0.05, 0) is 72.3 Å². The van der Waals surface area contributed by atoms with Crippen molar-refractivity contribution in [3.63, 3.8) is 0 Å². The molecule has 5 aromatic rings. The molecule has 5 rings (SSSR count). The van der Waals surface area contributed by atoms with Crippen LogP contribution in [0.25, 0.3) is 28.7 Å². The van der Waals surface area contributed by atoms with Crippen molar-refractivity contribution in [2.75, 3.05) is 5.88 Å². The normalized spacial score (nSPS) is 11.5. The van der Waals surface area contributed by atoms with Crippen LogP contribution in [-0.4, -0.2) is 29.8 Å². The number of halogens is 1. The summed E-state index contributed by atoms with van der Waals surface area (Å²) in [5.74, 6) is -0.0415.